The van der Waals surface area contributed by atoms with Crippen LogP contribution in [0.4, 0.5) is 0 Å². The molecule has 0 aliphatic heterocycles. The van der Waals surface area contributed by atoms with E-state index in [9.17, 15) is 0 Å². The zero-order valence-corrected chi connectivity index (χ0v) is 33.0. The third-order valence-corrected chi connectivity index (χ3v) is 13.4. The molecule has 9 aromatic carbocycles. The van der Waals surface area contributed by atoms with Crippen molar-refractivity contribution in [2.24, 2.45) is 0 Å². The Kier molecular flexibility index (Phi) is 6.07. The quantitative estimate of drug-likeness (QED) is 0.179. The van der Waals surface area contributed by atoms with Crippen molar-refractivity contribution in [2.75, 3.05) is 0 Å². The predicted octanol–water partition coefficient (Wildman–Crippen LogP) is 14.5. The third-order valence-electron chi connectivity index (χ3n) is 13.4. The molecule has 0 unspecified atom stereocenters. The lowest BCUT2D eigenvalue weighted by Gasteiger charge is -2.12. The zero-order valence-electron chi connectivity index (χ0n) is 33.0. The monoisotopic (exact) mass is 789 g/mol. The molecule has 0 N–H and O–H groups in total. The van der Waals surface area contributed by atoms with Crippen LogP contribution in [0.5, 0.6) is 0 Å². The summed E-state index contributed by atoms with van der Waals surface area (Å²) in [4.78, 5) is 11.1. The second-order valence-corrected chi connectivity index (χ2v) is 16.5. The van der Waals surface area contributed by atoms with Crippen molar-refractivity contribution in [1.29, 1.82) is 0 Å². The van der Waals surface area contributed by atoms with Gasteiger partial charge < -0.3 is 13.4 Å². The van der Waals surface area contributed by atoms with Gasteiger partial charge in [0, 0.05) is 65.1 Å². The molecule has 0 saturated carbocycles. The Morgan fingerprint density at radius 1 is 0.371 bits per heavy atom. The molecule has 0 spiro atoms. The maximum absolute atomic E-state index is 6.71. The maximum atomic E-state index is 6.71. The van der Waals surface area contributed by atoms with Crippen LogP contribution in [0.1, 0.15) is 0 Å². The molecule has 15 aromatic rings. The van der Waals surface area contributed by atoms with Gasteiger partial charge in [-0.25, -0.2) is 4.98 Å². The number of fused-ring (bicyclic) bond motifs is 18. The molecule has 0 bridgehead atoms. The summed E-state index contributed by atoms with van der Waals surface area (Å²) in [7, 11) is 0. The SMILES string of the molecule is c1ccc(-n2c3ccccc3c3ccc(-c4nc(-n5c6ccccc6c6cc7c8ccc9ccccc9c8n8c9ccccc9c(c65)c78)nc5oc6ccccc6c45)cc32)cc1. The number of hydrogen-bond acceptors (Lipinski definition) is 3. The number of nitrogens with zero attached hydrogens (tertiary/aromatic N) is 5. The fourth-order valence-corrected chi connectivity index (χ4v) is 10.9. The average Bonchev–Trinajstić information content (AvgIpc) is 4.13. The highest BCUT2D eigenvalue weighted by Crippen LogP contribution is 2.48. The summed E-state index contributed by atoms with van der Waals surface area (Å²) in [6.45, 7) is 0. The Hall–Kier alpha value is -8.48. The molecule has 0 amide bonds. The average molecular weight is 790 g/mol. The Bertz CT molecular complexity index is 4390. The molecule has 0 aliphatic rings. The van der Waals surface area contributed by atoms with Gasteiger partial charge in [-0.05, 0) is 53.9 Å². The Morgan fingerprint density at radius 3 is 1.84 bits per heavy atom. The minimum Gasteiger partial charge on any atom is -0.437 e. The van der Waals surface area contributed by atoms with E-state index in [0.29, 0.717) is 11.7 Å². The molecule has 15 rings (SSSR count). The number of benzene rings is 9. The van der Waals surface area contributed by atoms with E-state index >= 15 is 0 Å². The Balaban J connectivity index is 1.10. The summed E-state index contributed by atoms with van der Waals surface area (Å²) >= 11 is 0. The Labute approximate surface area is 352 Å². The first-order valence-corrected chi connectivity index (χ1v) is 21.1. The van der Waals surface area contributed by atoms with E-state index in [4.69, 9.17) is 14.4 Å². The van der Waals surface area contributed by atoms with E-state index in [0.717, 1.165) is 66.1 Å². The van der Waals surface area contributed by atoms with E-state index < -0.39 is 0 Å². The molecule has 0 aliphatic carbocycles. The zero-order chi connectivity index (χ0) is 40.2. The largest absolute Gasteiger partial charge is 0.437 e. The molecular weight excluding hydrogens is 759 g/mol. The van der Waals surface area contributed by atoms with Gasteiger partial charge in [0.2, 0.25) is 11.7 Å². The van der Waals surface area contributed by atoms with Crippen molar-refractivity contribution < 1.29 is 4.42 Å². The molecule has 6 nitrogen and oxygen atoms in total. The van der Waals surface area contributed by atoms with Crippen LogP contribution in [0.15, 0.2) is 192 Å². The first-order chi connectivity index (χ1) is 30.8. The first-order valence-electron chi connectivity index (χ1n) is 21.1. The lowest BCUT2D eigenvalue weighted by molar-refractivity contribution is 0.651. The molecule has 0 radical (unpaired) electrons. The number of aromatic nitrogens is 5. The van der Waals surface area contributed by atoms with E-state index in [-0.39, 0.29) is 0 Å². The fourth-order valence-electron chi connectivity index (χ4n) is 10.9. The van der Waals surface area contributed by atoms with Crippen molar-refractivity contribution >= 4 is 115 Å². The van der Waals surface area contributed by atoms with Crippen molar-refractivity contribution in [3.05, 3.63) is 188 Å². The minimum atomic E-state index is 0.555. The van der Waals surface area contributed by atoms with Crippen molar-refractivity contribution in [2.45, 2.75) is 0 Å². The molecule has 62 heavy (non-hydrogen) atoms. The summed E-state index contributed by atoms with van der Waals surface area (Å²) in [5, 5.41) is 13.9. The number of rotatable bonds is 3. The van der Waals surface area contributed by atoms with Gasteiger partial charge in [0.25, 0.3) is 0 Å². The summed E-state index contributed by atoms with van der Waals surface area (Å²) in [6, 6.07) is 67.5. The van der Waals surface area contributed by atoms with E-state index in [1.165, 1.54) is 59.6 Å². The second kappa shape index (κ2) is 11.6. The van der Waals surface area contributed by atoms with Crippen LogP contribution in [0.2, 0.25) is 0 Å². The van der Waals surface area contributed by atoms with Gasteiger partial charge in [-0.2, -0.15) is 4.98 Å². The number of para-hydroxylation sites is 5. The van der Waals surface area contributed by atoms with Crippen LogP contribution in [0, 0.1) is 0 Å². The Morgan fingerprint density at radius 2 is 1.00 bits per heavy atom. The highest BCUT2D eigenvalue weighted by atomic mass is 16.3. The van der Waals surface area contributed by atoms with Crippen LogP contribution in [-0.2, 0) is 0 Å². The minimum absolute atomic E-state index is 0.555. The summed E-state index contributed by atoms with van der Waals surface area (Å²) in [5.74, 6) is 0.564. The molecule has 286 valence electrons. The fraction of sp³-hybridized carbons (Fsp3) is 0. The first kappa shape index (κ1) is 32.4. The van der Waals surface area contributed by atoms with Gasteiger partial charge in [-0.3, -0.25) is 4.57 Å². The van der Waals surface area contributed by atoms with Gasteiger partial charge in [-0.15, -0.1) is 0 Å². The van der Waals surface area contributed by atoms with Crippen molar-refractivity contribution in [3.63, 3.8) is 0 Å². The normalized spacial score (nSPS) is 12.5. The van der Waals surface area contributed by atoms with Gasteiger partial charge in [0.15, 0.2) is 0 Å². The van der Waals surface area contributed by atoms with E-state index in [2.05, 4.69) is 189 Å². The smallest absolute Gasteiger partial charge is 0.238 e. The van der Waals surface area contributed by atoms with Gasteiger partial charge in [-0.1, -0.05) is 140 Å². The molecule has 6 aromatic heterocycles. The van der Waals surface area contributed by atoms with Crippen LogP contribution < -0.4 is 0 Å². The van der Waals surface area contributed by atoms with Crippen molar-refractivity contribution in [3.8, 4) is 22.9 Å². The van der Waals surface area contributed by atoms with E-state index in [1.54, 1.807) is 0 Å². The van der Waals surface area contributed by atoms with E-state index in [1.807, 2.05) is 12.1 Å². The summed E-state index contributed by atoms with van der Waals surface area (Å²) in [5.41, 5.74) is 12.3. The predicted molar refractivity (Wildman–Crippen MR) is 256 cm³/mol. The molecule has 0 fully saturated rings. The molecule has 0 atom stereocenters. The van der Waals surface area contributed by atoms with Crippen molar-refractivity contribution in [1.82, 2.24) is 23.5 Å². The molecular formula is C56H31N5O. The van der Waals surface area contributed by atoms with Crippen LogP contribution in [0.25, 0.3) is 137 Å². The lowest BCUT2D eigenvalue weighted by atomic mass is 10.0. The highest BCUT2D eigenvalue weighted by molar-refractivity contribution is 6.35. The molecule has 0 saturated heterocycles. The summed E-state index contributed by atoms with van der Waals surface area (Å²) in [6.07, 6.45) is 0. The second-order valence-electron chi connectivity index (χ2n) is 16.5. The van der Waals surface area contributed by atoms with Crippen LogP contribution in [0.3, 0.4) is 0 Å². The maximum Gasteiger partial charge on any atom is 0.238 e. The standard InChI is InChI=1S/C56H31N5O/c1-2-15-34(16-3-1)59-44-22-10-6-18-36(44)38-28-27-33(30-47(38)59)51-49-41-21-9-13-25-48(41)62-55(49)58-56(57-51)61-45-23-11-7-19-37(45)42-31-43-39-29-26-32-14-4-5-17-35(32)52(39)60-46-24-12-8-20-40(46)50(53(43)60)54(42)61/h1-31H. The molecule has 6 heterocycles. The highest BCUT2D eigenvalue weighted by Gasteiger charge is 2.27. The van der Waals surface area contributed by atoms with Crippen LogP contribution in [-0.4, -0.2) is 23.5 Å². The number of furan rings is 1. The topological polar surface area (TPSA) is 53.2 Å². The summed E-state index contributed by atoms with van der Waals surface area (Å²) < 4.78 is 13.9. The number of hydrogen-bond donors (Lipinski definition) is 0. The van der Waals surface area contributed by atoms with Crippen LogP contribution >= 0.6 is 0 Å². The molecule has 6 heteroatoms. The third kappa shape index (κ3) is 4.04. The van der Waals surface area contributed by atoms with Gasteiger partial charge >= 0.3 is 0 Å². The lowest BCUT2D eigenvalue weighted by Crippen LogP contribution is -2.03. The van der Waals surface area contributed by atoms with Gasteiger partial charge in [0.05, 0.1) is 49.7 Å². The van der Waals surface area contributed by atoms with Gasteiger partial charge in [0.1, 0.15) is 5.58 Å².